The molecule has 0 spiro atoms. The van der Waals surface area contributed by atoms with Gasteiger partial charge in [0.2, 0.25) is 5.13 Å². The second kappa shape index (κ2) is 9.04. The van der Waals surface area contributed by atoms with Crippen LogP contribution in [-0.4, -0.2) is 71.7 Å². The van der Waals surface area contributed by atoms with Gasteiger partial charge in [0.15, 0.2) is 13.8 Å². The zero-order chi connectivity index (χ0) is 21.3. The molecule has 1 N–H and O–H groups in total. The van der Waals surface area contributed by atoms with Gasteiger partial charge in [0.05, 0.1) is 18.2 Å². The van der Waals surface area contributed by atoms with Gasteiger partial charge in [0.25, 0.3) is 0 Å². The molecular formula is C20H29N5O2S3. The molecule has 1 atom stereocenters. The van der Waals surface area contributed by atoms with Crippen molar-refractivity contribution in [1.29, 1.82) is 0 Å². The smallest absolute Gasteiger partial charge is 0.209 e. The van der Waals surface area contributed by atoms with Crippen LogP contribution in [0.5, 0.6) is 0 Å². The SMILES string of the molecule is CC(C)c1ccc(Nc2nn(CN3CCN([C@H]4CCS(=O)(=O)C4)CC3)c(=S)s2)cc1. The van der Waals surface area contributed by atoms with E-state index >= 15 is 0 Å². The van der Waals surface area contributed by atoms with Crippen LogP contribution in [0.1, 0.15) is 31.7 Å². The van der Waals surface area contributed by atoms with Crippen LogP contribution in [0.2, 0.25) is 0 Å². The van der Waals surface area contributed by atoms with E-state index < -0.39 is 9.84 Å². The molecule has 4 rings (SSSR count). The van der Waals surface area contributed by atoms with Crippen LogP contribution in [0.4, 0.5) is 10.8 Å². The third kappa shape index (κ3) is 5.28. The molecule has 0 bridgehead atoms. The van der Waals surface area contributed by atoms with Gasteiger partial charge < -0.3 is 5.32 Å². The Balaban J connectivity index is 1.31. The van der Waals surface area contributed by atoms with Crippen molar-refractivity contribution in [3.63, 3.8) is 0 Å². The molecule has 2 aromatic rings. The van der Waals surface area contributed by atoms with Gasteiger partial charge in [-0.05, 0) is 42.3 Å². The number of anilines is 2. The highest BCUT2D eigenvalue weighted by Crippen LogP contribution is 2.23. The van der Waals surface area contributed by atoms with Crippen molar-refractivity contribution in [3.05, 3.63) is 33.8 Å². The van der Waals surface area contributed by atoms with E-state index in [0.29, 0.717) is 24.1 Å². The van der Waals surface area contributed by atoms with Gasteiger partial charge in [-0.3, -0.25) is 9.80 Å². The quantitative estimate of drug-likeness (QED) is 0.654. The van der Waals surface area contributed by atoms with Gasteiger partial charge in [-0.25, -0.2) is 13.1 Å². The first kappa shape index (κ1) is 21.9. The molecular weight excluding hydrogens is 438 g/mol. The van der Waals surface area contributed by atoms with E-state index in [-0.39, 0.29) is 6.04 Å². The number of sulfone groups is 1. The third-order valence-electron chi connectivity index (χ3n) is 5.90. The van der Waals surface area contributed by atoms with Crippen molar-refractivity contribution >= 4 is 44.2 Å². The molecule has 7 nitrogen and oxygen atoms in total. The predicted molar refractivity (Wildman–Crippen MR) is 125 cm³/mol. The second-order valence-electron chi connectivity index (χ2n) is 8.43. The van der Waals surface area contributed by atoms with Crippen molar-refractivity contribution in [1.82, 2.24) is 19.6 Å². The van der Waals surface area contributed by atoms with Gasteiger partial charge in [-0.15, -0.1) is 5.10 Å². The first-order valence-corrected chi connectivity index (χ1v) is 13.5. The van der Waals surface area contributed by atoms with Crippen molar-refractivity contribution in [2.75, 3.05) is 43.0 Å². The number of piperazine rings is 1. The fourth-order valence-corrected chi connectivity index (χ4v) is 6.82. The van der Waals surface area contributed by atoms with E-state index in [4.69, 9.17) is 12.2 Å². The largest absolute Gasteiger partial charge is 0.330 e. The molecule has 0 saturated carbocycles. The number of rotatable bonds is 6. The monoisotopic (exact) mass is 467 g/mol. The van der Waals surface area contributed by atoms with Crippen LogP contribution in [0.3, 0.4) is 0 Å². The predicted octanol–water partition coefficient (Wildman–Crippen LogP) is 3.30. The number of hydrogen-bond donors (Lipinski definition) is 1. The minimum absolute atomic E-state index is 0.191. The zero-order valence-electron chi connectivity index (χ0n) is 17.5. The first-order chi connectivity index (χ1) is 14.3. The Morgan fingerprint density at radius 1 is 1.20 bits per heavy atom. The Bertz CT molecular complexity index is 1020. The van der Waals surface area contributed by atoms with Gasteiger partial charge in [0.1, 0.15) is 0 Å². The normalized spacial score (nSPS) is 22.6. The summed E-state index contributed by atoms with van der Waals surface area (Å²) in [6.07, 6.45) is 0.770. The molecule has 2 aliphatic rings. The summed E-state index contributed by atoms with van der Waals surface area (Å²) in [4.78, 5) is 4.66. The summed E-state index contributed by atoms with van der Waals surface area (Å²) in [6.45, 7) is 8.62. The highest BCUT2D eigenvalue weighted by atomic mass is 32.2. The van der Waals surface area contributed by atoms with Crippen LogP contribution in [0.25, 0.3) is 0 Å². The van der Waals surface area contributed by atoms with Crippen LogP contribution in [0, 0.1) is 3.95 Å². The molecule has 1 aromatic carbocycles. The summed E-state index contributed by atoms with van der Waals surface area (Å²) in [6, 6.07) is 8.62. The number of aromatic nitrogens is 2. The van der Waals surface area contributed by atoms with E-state index in [2.05, 4.69) is 58.3 Å². The lowest BCUT2D eigenvalue weighted by molar-refractivity contribution is 0.0812. The molecule has 0 aliphatic carbocycles. The van der Waals surface area contributed by atoms with E-state index in [1.54, 1.807) is 0 Å². The lowest BCUT2D eigenvalue weighted by Crippen LogP contribution is -2.50. The molecule has 2 fully saturated rings. The van der Waals surface area contributed by atoms with Crippen molar-refractivity contribution in [2.24, 2.45) is 0 Å². The lowest BCUT2D eigenvalue weighted by Gasteiger charge is -2.37. The van der Waals surface area contributed by atoms with Gasteiger partial charge in [0, 0.05) is 37.9 Å². The molecule has 2 saturated heterocycles. The molecule has 0 radical (unpaired) electrons. The van der Waals surface area contributed by atoms with E-state index in [0.717, 1.165) is 47.4 Å². The maximum atomic E-state index is 11.7. The Hall–Kier alpha value is -1.33. The summed E-state index contributed by atoms with van der Waals surface area (Å²) in [5.74, 6) is 1.16. The van der Waals surface area contributed by atoms with Crippen molar-refractivity contribution < 1.29 is 8.42 Å². The van der Waals surface area contributed by atoms with Crippen LogP contribution >= 0.6 is 23.6 Å². The molecule has 164 valence electrons. The van der Waals surface area contributed by atoms with Gasteiger partial charge in [-0.2, -0.15) is 0 Å². The van der Waals surface area contributed by atoms with E-state index in [1.165, 1.54) is 16.9 Å². The fourth-order valence-electron chi connectivity index (χ4n) is 4.04. The van der Waals surface area contributed by atoms with E-state index in [1.807, 2.05) is 4.68 Å². The average molecular weight is 468 g/mol. The first-order valence-electron chi connectivity index (χ1n) is 10.4. The number of nitrogens with one attached hydrogen (secondary N) is 1. The zero-order valence-corrected chi connectivity index (χ0v) is 19.9. The van der Waals surface area contributed by atoms with Gasteiger partial charge >= 0.3 is 0 Å². The molecule has 2 aliphatic heterocycles. The highest BCUT2D eigenvalue weighted by molar-refractivity contribution is 7.91. The highest BCUT2D eigenvalue weighted by Gasteiger charge is 2.33. The number of hydrogen-bond acceptors (Lipinski definition) is 8. The number of benzene rings is 1. The number of nitrogens with zero attached hydrogens (tertiary/aromatic N) is 4. The minimum Gasteiger partial charge on any atom is -0.330 e. The Morgan fingerprint density at radius 2 is 1.90 bits per heavy atom. The Morgan fingerprint density at radius 3 is 2.50 bits per heavy atom. The maximum Gasteiger partial charge on any atom is 0.209 e. The standard InChI is InChI=1S/C20H29N5O2S3/c1-15(2)16-3-5-17(6-4-16)21-19-22-25(20(28)29-19)14-23-8-10-24(11-9-23)18-7-12-30(26,27)13-18/h3-6,15,18H,7-14H2,1-2H3,(H,21,22)/t18-/m0/s1. The fraction of sp³-hybridized carbons (Fsp3) is 0.600. The molecule has 3 heterocycles. The molecule has 10 heteroatoms. The summed E-state index contributed by atoms with van der Waals surface area (Å²) >= 11 is 7.00. The second-order valence-corrected chi connectivity index (χ2v) is 12.3. The summed E-state index contributed by atoms with van der Waals surface area (Å²) < 4.78 is 26.1. The topological polar surface area (TPSA) is 70.5 Å². The van der Waals surface area contributed by atoms with Crippen LogP contribution < -0.4 is 5.32 Å². The van der Waals surface area contributed by atoms with E-state index in [9.17, 15) is 8.42 Å². The van der Waals surface area contributed by atoms with Crippen molar-refractivity contribution in [3.8, 4) is 0 Å². The molecule has 0 amide bonds. The van der Waals surface area contributed by atoms with Crippen LogP contribution in [-0.2, 0) is 16.5 Å². The molecule has 0 unspecified atom stereocenters. The summed E-state index contributed by atoms with van der Waals surface area (Å²) in [5, 5.41) is 8.81. The molecule has 30 heavy (non-hydrogen) atoms. The summed E-state index contributed by atoms with van der Waals surface area (Å²) in [5.41, 5.74) is 2.32. The lowest BCUT2D eigenvalue weighted by atomic mass is 10.0. The van der Waals surface area contributed by atoms with Gasteiger partial charge in [-0.1, -0.05) is 37.3 Å². The summed E-state index contributed by atoms with van der Waals surface area (Å²) in [7, 11) is -2.83. The third-order valence-corrected chi connectivity index (χ3v) is 8.87. The van der Waals surface area contributed by atoms with Crippen LogP contribution in [0.15, 0.2) is 24.3 Å². The Labute approximate surface area is 187 Å². The van der Waals surface area contributed by atoms with Crippen molar-refractivity contribution in [2.45, 2.75) is 38.9 Å². The minimum atomic E-state index is -2.83. The average Bonchev–Trinajstić information content (AvgIpc) is 3.24. The molecule has 1 aromatic heterocycles. The Kier molecular flexibility index (Phi) is 6.59. The maximum absolute atomic E-state index is 11.7.